The van der Waals surface area contributed by atoms with E-state index in [1.54, 1.807) is 18.6 Å². The van der Waals surface area contributed by atoms with Crippen LogP contribution in [0.5, 0.6) is 5.75 Å². The van der Waals surface area contributed by atoms with Crippen molar-refractivity contribution in [2.24, 2.45) is 0 Å². The number of anilines is 1. The predicted molar refractivity (Wildman–Crippen MR) is 96.1 cm³/mol. The Hall–Kier alpha value is -2.89. The topological polar surface area (TPSA) is 92.1 Å². The van der Waals surface area contributed by atoms with Gasteiger partial charge in [0.05, 0.1) is 29.3 Å². The zero-order chi connectivity index (χ0) is 17.9. The summed E-state index contributed by atoms with van der Waals surface area (Å²) in [6, 6.07) is 15.1. The molecule has 0 bridgehead atoms. The Balaban J connectivity index is 1.86. The van der Waals surface area contributed by atoms with Crippen LogP contribution in [0.2, 0.25) is 0 Å². The van der Waals surface area contributed by atoms with Crippen molar-refractivity contribution < 1.29 is 13.2 Å². The largest absolute Gasteiger partial charge is 0.497 e. The lowest BCUT2D eigenvalue weighted by Gasteiger charge is -2.05. The second-order valence-electron chi connectivity index (χ2n) is 5.01. The van der Waals surface area contributed by atoms with Crippen molar-refractivity contribution in [3.63, 3.8) is 0 Å². The summed E-state index contributed by atoms with van der Waals surface area (Å²) in [5.41, 5.74) is 1.75. The predicted octanol–water partition coefficient (Wildman–Crippen LogP) is 3.49. The third-order valence-electron chi connectivity index (χ3n) is 3.36. The average molecular weight is 371 g/mol. The summed E-state index contributed by atoms with van der Waals surface area (Å²) in [7, 11) is -2.23. The summed E-state index contributed by atoms with van der Waals surface area (Å²) >= 11 is 1.18. The SMILES string of the molecule is COc1cccc(-c2csc(NS(=O)(=O)c3cccc(C#N)c3)n2)c1. The first kappa shape index (κ1) is 17.0. The smallest absolute Gasteiger partial charge is 0.263 e. The fourth-order valence-electron chi connectivity index (χ4n) is 2.14. The van der Waals surface area contributed by atoms with Crippen LogP contribution in [-0.4, -0.2) is 20.5 Å². The first-order chi connectivity index (χ1) is 12.0. The summed E-state index contributed by atoms with van der Waals surface area (Å²) in [5, 5.41) is 10.9. The highest BCUT2D eigenvalue weighted by Gasteiger charge is 2.17. The minimum Gasteiger partial charge on any atom is -0.497 e. The van der Waals surface area contributed by atoms with E-state index in [4.69, 9.17) is 10.00 Å². The normalized spacial score (nSPS) is 10.9. The molecule has 3 rings (SSSR count). The number of ether oxygens (including phenoxy) is 1. The highest BCUT2D eigenvalue weighted by molar-refractivity contribution is 7.93. The van der Waals surface area contributed by atoms with Crippen LogP contribution < -0.4 is 9.46 Å². The monoisotopic (exact) mass is 371 g/mol. The van der Waals surface area contributed by atoms with Crippen molar-refractivity contribution in [1.82, 2.24) is 4.98 Å². The summed E-state index contributed by atoms with van der Waals surface area (Å²) in [4.78, 5) is 4.34. The molecule has 1 N–H and O–H groups in total. The number of hydrogen-bond donors (Lipinski definition) is 1. The molecule has 0 amide bonds. The molecule has 2 aromatic carbocycles. The van der Waals surface area contributed by atoms with Gasteiger partial charge in [0.1, 0.15) is 5.75 Å². The molecular formula is C17H13N3O3S2. The first-order valence-electron chi connectivity index (χ1n) is 7.15. The highest BCUT2D eigenvalue weighted by Crippen LogP contribution is 2.28. The minimum atomic E-state index is -3.81. The maximum atomic E-state index is 12.4. The number of hydrogen-bond acceptors (Lipinski definition) is 6. The van der Waals surface area contributed by atoms with Crippen LogP contribution in [0, 0.1) is 11.3 Å². The number of thiazole rings is 1. The Labute approximate surface area is 149 Å². The molecule has 126 valence electrons. The van der Waals surface area contributed by atoms with E-state index >= 15 is 0 Å². The Morgan fingerprint density at radius 1 is 1.20 bits per heavy atom. The number of nitriles is 1. The Kier molecular flexibility index (Phi) is 4.70. The molecule has 25 heavy (non-hydrogen) atoms. The number of methoxy groups -OCH3 is 1. The maximum Gasteiger partial charge on any atom is 0.263 e. The Bertz CT molecular complexity index is 1050. The molecule has 0 spiro atoms. The Morgan fingerprint density at radius 3 is 2.76 bits per heavy atom. The van der Waals surface area contributed by atoms with Gasteiger partial charge >= 0.3 is 0 Å². The van der Waals surface area contributed by atoms with Gasteiger partial charge in [-0.2, -0.15) is 5.26 Å². The van der Waals surface area contributed by atoms with E-state index in [1.165, 1.54) is 29.5 Å². The van der Waals surface area contributed by atoms with Crippen molar-refractivity contribution in [2.75, 3.05) is 11.8 Å². The van der Waals surface area contributed by atoms with Crippen LogP contribution in [0.4, 0.5) is 5.13 Å². The van der Waals surface area contributed by atoms with Crippen LogP contribution in [0.3, 0.4) is 0 Å². The fourth-order valence-corrected chi connectivity index (χ4v) is 4.16. The molecule has 1 aromatic heterocycles. The van der Waals surface area contributed by atoms with Crippen molar-refractivity contribution in [3.05, 3.63) is 59.5 Å². The van der Waals surface area contributed by atoms with E-state index < -0.39 is 10.0 Å². The fraction of sp³-hybridized carbons (Fsp3) is 0.0588. The van der Waals surface area contributed by atoms with Gasteiger partial charge < -0.3 is 4.74 Å². The molecule has 0 aliphatic rings. The van der Waals surface area contributed by atoms with Gasteiger partial charge in [0.2, 0.25) is 0 Å². The molecule has 0 saturated heterocycles. The lowest BCUT2D eigenvalue weighted by atomic mass is 10.2. The number of sulfonamides is 1. The number of benzene rings is 2. The zero-order valence-electron chi connectivity index (χ0n) is 13.1. The van der Waals surface area contributed by atoms with Crippen molar-refractivity contribution >= 4 is 26.5 Å². The average Bonchev–Trinajstić information content (AvgIpc) is 3.09. The van der Waals surface area contributed by atoms with Gasteiger partial charge in [-0.05, 0) is 30.3 Å². The number of nitrogens with one attached hydrogen (secondary N) is 1. The van der Waals surface area contributed by atoms with E-state index in [2.05, 4.69) is 9.71 Å². The third kappa shape index (κ3) is 3.79. The van der Waals surface area contributed by atoms with Gasteiger partial charge in [-0.15, -0.1) is 11.3 Å². The maximum absolute atomic E-state index is 12.4. The molecule has 3 aromatic rings. The Morgan fingerprint density at radius 2 is 2.00 bits per heavy atom. The number of nitrogens with zero attached hydrogens (tertiary/aromatic N) is 2. The van der Waals surface area contributed by atoms with Crippen LogP contribution >= 0.6 is 11.3 Å². The van der Waals surface area contributed by atoms with Gasteiger partial charge in [-0.25, -0.2) is 13.4 Å². The third-order valence-corrected chi connectivity index (χ3v) is 5.59. The van der Waals surface area contributed by atoms with Crippen LogP contribution in [-0.2, 0) is 10.0 Å². The molecule has 1 heterocycles. The van der Waals surface area contributed by atoms with E-state index in [9.17, 15) is 8.42 Å². The minimum absolute atomic E-state index is 0.0182. The molecule has 0 atom stereocenters. The van der Waals surface area contributed by atoms with Crippen LogP contribution in [0.15, 0.2) is 58.8 Å². The van der Waals surface area contributed by atoms with E-state index in [0.29, 0.717) is 11.4 Å². The first-order valence-corrected chi connectivity index (χ1v) is 9.51. The molecule has 0 aliphatic heterocycles. The van der Waals surface area contributed by atoms with Crippen LogP contribution in [0.25, 0.3) is 11.3 Å². The summed E-state index contributed by atoms with van der Waals surface area (Å²) in [6.45, 7) is 0. The second-order valence-corrected chi connectivity index (χ2v) is 7.56. The molecule has 0 saturated carbocycles. The van der Waals surface area contributed by atoms with Crippen molar-refractivity contribution in [1.29, 1.82) is 5.26 Å². The lowest BCUT2D eigenvalue weighted by Crippen LogP contribution is -2.12. The summed E-state index contributed by atoms with van der Waals surface area (Å²) in [6.07, 6.45) is 0. The quantitative estimate of drug-likeness (QED) is 0.741. The molecule has 6 nitrogen and oxygen atoms in total. The number of rotatable bonds is 5. The zero-order valence-corrected chi connectivity index (χ0v) is 14.8. The van der Waals surface area contributed by atoms with Crippen LogP contribution in [0.1, 0.15) is 5.56 Å². The van der Waals surface area contributed by atoms with Gasteiger partial charge in [-0.1, -0.05) is 18.2 Å². The van der Waals surface area contributed by atoms with Gasteiger partial charge in [-0.3, -0.25) is 4.72 Å². The second kappa shape index (κ2) is 6.93. The molecular weight excluding hydrogens is 358 g/mol. The van der Waals surface area contributed by atoms with Crippen molar-refractivity contribution in [3.8, 4) is 23.1 Å². The summed E-state index contributed by atoms with van der Waals surface area (Å²) < 4.78 is 32.5. The van der Waals surface area contributed by atoms with Gasteiger partial charge in [0.15, 0.2) is 5.13 Å². The summed E-state index contributed by atoms with van der Waals surface area (Å²) in [5.74, 6) is 0.695. The van der Waals surface area contributed by atoms with E-state index in [1.807, 2.05) is 30.3 Å². The van der Waals surface area contributed by atoms with E-state index in [-0.39, 0.29) is 15.6 Å². The van der Waals surface area contributed by atoms with Gasteiger partial charge in [0.25, 0.3) is 10.0 Å². The van der Waals surface area contributed by atoms with Gasteiger partial charge in [0, 0.05) is 10.9 Å². The molecule has 0 fully saturated rings. The van der Waals surface area contributed by atoms with E-state index in [0.717, 1.165) is 5.56 Å². The molecule has 8 heteroatoms. The highest BCUT2D eigenvalue weighted by atomic mass is 32.2. The lowest BCUT2D eigenvalue weighted by molar-refractivity contribution is 0.415. The number of aromatic nitrogens is 1. The standard InChI is InChI=1S/C17H13N3O3S2/c1-23-14-6-3-5-13(9-14)16-11-24-17(19-16)20-25(21,22)15-7-2-4-12(8-15)10-18/h2-9,11H,1H3,(H,19,20). The molecule has 0 unspecified atom stereocenters. The van der Waals surface area contributed by atoms with Crippen molar-refractivity contribution in [2.45, 2.75) is 4.90 Å². The molecule has 0 aliphatic carbocycles. The molecule has 0 radical (unpaired) electrons.